The highest BCUT2D eigenvalue weighted by atomic mass is 35.5. The molecule has 3 heterocycles. The highest BCUT2D eigenvalue weighted by Gasteiger charge is 2.28. The molecule has 0 N–H and O–H groups in total. The lowest BCUT2D eigenvalue weighted by Crippen LogP contribution is -2.42. The van der Waals surface area contributed by atoms with Crippen LogP contribution in [0.4, 0.5) is 0 Å². The van der Waals surface area contributed by atoms with Gasteiger partial charge in [0.25, 0.3) is 5.91 Å². The van der Waals surface area contributed by atoms with Crippen molar-refractivity contribution < 1.29 is 14.3 Å². The van der Waals surface area contributed by atoms with E-state index in [1.165, 1.54) is 16.9 Å². The molecule has 1 aliphatic rings. The maximum Gasteiger partial charge on any atom is 0.339 e. The van der Waals surface area contributed by atoms with Gasteiger partial charge in [0.1, 0.15) is 0 Å². The molecule has 2 aromatic heterocycles. The Morgan fingerprint density at radius 1 is 1.06 bits per heavy atom. The summed E-state index contributed by atoms with van der Waals surface area (Å²) in [4.78, 5) is 33.5. The first kappa shape index (κ1) is 21.6. The summed E-state index contributed by atoms with van der Waals surface area (Å²) in [5, 5.41) is 0.681. The van der Waals surface area contributed by atoms with Crippen LogP contribution in [0.5, 0.6) is 0 Å². The van der Waals surface area contributed by atoms with Crippen LogP contribution in [0.3, 0.4) is 0 Å². The number of hydrogen-bond donors (Lipinski definition) is 0. The van der Waals surface area contributed by atoms with Gasteiger partial charge in [-0.15, -0.1) is 11.3 Å². The van der Waals surface area contributed by atoms with Crippen LogP contribution in [0.25, 0.3) is 21.5 Å². The second-order valence-electron chi connectivity index (χ2n) is 8.00. The number of carbonyl (C=O) groups is 2. The summed E-state index contributed by atoms with van der Waals surface area (Å²) in [6.07, 6.45) is -0.0982. The van der Waals surface area contributed by atoms with E-state index in [4.69, 9.17) is 16.3 Å². The number of ether oxygens (including phenoxy) is 1. The molecule has 0 spiro atoms. The average Bonchev–Trinajstić information content (AvgIpc) is 3.28. The molecule has 0 unspecified atom stereocenters. The summed E-state index contributed by atoms with van der Waals surface area (Å²) in [5.41, 5.74) is 4.09. The van der Waals surface area contributed by atoms with E-state index in [9.17, 15) is 9.59 Å². The zero-order chi connectivity index (χ0) is 22.9. The van der Waals surface area contributed by atoms with Gasteiger partial charge in [0.2, 0.25) is 0 Å². The number of aromatic nitrogens is 1. The summed E-state index contributed by atoms with van der Waals surface area (Å²) in [6.45, 7) is 2.77. The van der Waals surface area contributed by atoms with Crippen molar-refractivity contribution in [2.45, 2.75) is 26.0 Å². The number of fused-ring (bicyclic) bond motifs is 2. The van der Waals surface area contributed by atoms with Gasteiger partial charge in [0.15, 0.2) is 6.10 Å². The number of rotatable bonds is 4. The maximum atomic E-state index is 13.2. The summed E-state index contributed by atoms with van der Waals surface area (Å²) in [7, 11) is 0. The third kappa shape index (κ3) is 4.36. The highest BCUT2D eigenvalue weighted by Crippen LogP contribution is 2.32. The molecular weight excluding hydrogens is 456 g/mol. The fourth-order valence-corrected chi connectivity index (χ4v) is 5.14. The van der Waals surface area contributed by atoms with Gasteiger partial charge < -0.3 is 9.64 Å². The molecule has 0 bridgehead atoms. The number of para-hydroxylation sites is 1. The number of esters is 1. The van der Waals surface area contributed by atoms with Gasteiger partial charge in [-0.2, -0.15) is 0 Å². The molecule has 0 aliphatic carbocycles. The maximum absolute atomic E-state index is 13.2. The molecule has 7 heteroatoms. The number of halogens is 1. The number of amides is 1. The first-order chi connectivity index (χ1) is 16.0. The number of pyridine rings is 1. The van der Waals surface area contributed by atoms with E-state index in [1.807, 2.05) is 48.5 Å². The predicted molar refractivity (Wildman–Crippen MR) is 131 cm³/mol. The van der Waals surface area contributed by atoms with Crippen LogP contribution in [0.1, 0.15) is 28.4 Å². The van der Waals surface area contributed by atoms with Crippen molar-refractivity contribution >= 4 is 45.7 Å². The smallest absolute Gasteiger partial charge is 0.339 e. The molecule has 0 saturated heterocycles. The Balaban J connectivity index is 1.39. The van der Waals surface area contributed by atoms with Gasteiger partial charge in [-0.1, -0.05) is 54.1 Å². The van der Waals surface area contributed by atoms with Gasteiger partial charge in [0, 0.05) is 18.5 Å². The number of thiophene rings is 1. The molecule has 33 heavy (non-hydrogen) atoms. The summed E-state index contributed by atoms with van der Waals surface area (Å²) in [6, 6.07) is 20.9. The van der Waals surface area contributed by atoms with Crippen molar-refractivity contribution in [2.75, 3.05) is 6.54 Å². The standard InChI is InChI=1S/C26H21ClN2O3S/c1-16(25(30)29-13-12-17-6-2-3-7-18(17)15-29)32-26(31)20-14-22(23-10-11-24(27)33-23)28-21-9-5-4-8-19(20)21/h2-11,14,16H,12-13,15H2,1H3/t16-/m1/s1. The molecule has 0 radical (unpaired) electrons. The normalized spacial score (nSPS) is 14.1. The lowest BCUT2D eigenvalue weighted by molar-refractivity contribution is -0.140. The van der Waals surface area contributed by atoms with Crippen LogP contribution in [0, 0.1) is 0 Å². The number of carbonyl (C=O) groups excluding carboxylic acids is 2. The van der Waals surface area contributed by atoms with Gasteiger partial charge >= 0.3 is 5.97 Å². The number of benzene rings is 2. The van der Waals surface area contributed by atoms with Crippen LogP contribution in [-0.2, 0) is 22.5 Å². The van der Waals surface area contributed by atoms with Crippen molar-refractivity contribution in [2.24, 2.45) is 0 Å². The third-order valence-corrected chi connectivity index (χ3v) is 7.09. The van der Waals surface area contributed by atoms with E-state index >= 15 is 0 Å². The second kappa shape index (κ2) is 8.96. The topological polar surface area (TPSA) is 59.5 Å². The third-order valence-electron chi connectivity index (χ3n) is 5.84. The molecular formula is C26H21ClN2O3S. The van der Waals surface area contributed by atoms with Crippen molar-refractivity contribution in [1.82, 2.24) is 9.88 Å². The number of hydrogen-bond acceptors (Lipinski definition) is 5. The quantitative estimate of drug-likeness (QED) is 0.352. The molecule has 0 fully saturated rings. The van der Waals surface area contributed by atoms with E-state index in [2.05, 4.69) is 11.1 Å². The van der Waals surface area contributed by atoms with Crippen molar-refractivity contribution in [1.29, 1.82) is 0 Å². The Morgan fingerprint density at radius 3 is 2.61 bits per heavy atom. The fourth-order valence-electron chi connectivity index (χ4n) is 4.14. The molecule has 4 aromatic rings. The average molecular weight is 477 g/mol. The SMILES string of the molecule is C[C@@H](OC(=O)c1cc(-c2ccc(Cl)s2)nc2ccccc12)C(=O)N1CCc2ccccc2C1. The Hall–Kier alpha value is -3.22. The Morgan fingerprint density at radius 2 is 1.82 bits per heavy atom. The zero-order valence-corrected chi connectivity index (χ0v) is 19.5. The Bertz CT molecular complexity index is 1370. The van der Waals surface area contributed by atoms with E-state index < -0.39 is 12.1 Å². The molecule has 0 saturated carbocycles. The summed E-state index contributed by atoms with van der Waals surface area (Å²) in [5.74, 6) is -0.739. The second-order valence-corrected chi connectivity index (χ2v) is 9.72. The fraction of sp³-hybridized carbons (Fsp3) is 0.192. The van der Waals surface area contributed by atoms with E-state index in [0.717, 1.165) is 16.9 Å². The predicted octanol–water partition coefficient (Wildman–Crippen LogP) is 5.75. The van der Waals surface area contributed by atoms with Gasteiger partial charge in [-0.25, -0.2) is 9.78 Å². The minimum Gasteiger partial charge on any atom is -0.449 e. The van der Waals surface area contributed by atoms with E-state index in [-0.39, 0.29) is 5.91 Å². The zero-order valence-electron chi connectivity index (χ0n) is 18.0. The molecule has 5 rings (SSSR count). The van der Waals surface area contributed by atoms with Crippen molar-refractivity contribution in [3.05, 3.63) is 87.8 Å². The Kier molecular flexibility index (Phi) is 5.87. The van der Waals surface area contributed by atoms with Crippen LogP contribution >= 0.6 is 22.9 Å². The largest absolute Gasteiger partial charge is 0.449 e. The molecule has 1 atom stereocenters. The molecule has 1 aliphatic heterocycles. The van der Waals surface area contributed by atoms with Gasteiger partial charge in [-0.3, -0.25) is 4.79 Å². The van der Waals surface area contributed by atoms with Crippen molar-refractivity contribution in [3.8, 4) is 10.6 Å². The van der Waals surface area contributed by atoms with E-state index in [1.54, 1.807) is 24.0 Å². The van der Waals surface area contributed by atoms with Crippen LogP contribution in [0.15, 0.2) is 66.7 Å². The minimum absolute atomic E-state index is 0.193. The first-order valence-corrected chi connectivity index (χ1v) is 11.9. The van der Waals surface area contributed by atoms with Crippen LogP contribution in [0.2, 0.25) is 4.34 Å². The van der Waals surface area contributed by atoms with Crippen LogP contribution in [-0.4, -0.2) is 34.4 Å². The lowest BCUT2D eigenvalue weighted by Gasteiger charge is -2.30. The lowest BCUT2D eigenvalue weighted by atomic mass is 9.99. The highest BCUT2D eigenvalue weighted by molar-refractivity contribution is 7.19. The monoisotopic (exact) mass is 476 g/mol. The first-order valence-electron chi connectivity index (χ1n) is 10.7. The molecule has 166 valence electrons. The van der Waals surface area contributed by atoms with E-state index in [0.29, 0.717) is 39.6 Å². The van der Waals surface area contributed by atoms with Gasteiger partial charge in [0.05, 0.1) is 26.0 Å². The molecule has 2 aromatic carbocycles. The molecule has 1 amide bonds. The number of nitrogens with zero attached hydrogens (tertiary/aromatic N) is 2. The van der Waals surface area contributed by atoms with Crippen molar-refractivity contribution in [3.63, 3.8) is 0 Å². The summed E-state index contributed by atoms with van der Waals surface area (Å²) >= 11 is 7.49. The van der Waals surface area contributed by atoms with Crippen LogP contribution < -0.4 is 0 Å². The Labute approximate surface area is 200 Å². The minimum atomic E-state index is -0.894. The summed E-state index contributed by atoms with van der Waals surface area (Å²) < 4.78 is 6.31. The van der Waals surface area contributed by atoms with Gasteiger partial charge in [-0.05, 0) is 48.7 Å². The molecule has 5 nitrogen and oxygen atoms in total.